The number of amides is 1. The number of carbonyl (C=O) groups excluding carboxylic acids is 1. The first-order valence-electron chi connectivity index (χ1n) is 10.9. The van der Waals surface area contributed by atoms with Crippen molar-refractivity contribution in [1.29, 1.82) is 0 Å². The van der Waals surface area contributed by atoms with Crippen molar-refractivity contribution in [3.63, 3.8) is 0 Å². The molecule has 4 heterocycles. The van der Waals surface area contributed by atoms with Crippen LogP contribution < -0.4 is 10.3 Å². The standard InChI is InChI=1S/C24H20F3N5O3/c1-15-13-31(14-29-15)19-4-5-20-22(33)30(8-9-32(20)23(19)34)10-11-35-21-6-7-28-18-3-2-16(12-17(18)21)24(25,26)27/h2-7,12-14H,8-11H2,1H3. The number of alkyl halides is 3. The van der Waals surface area contributed by atoms with Crippen LogP contribution in [0, 0.1) is 6.92 Å². The van der Waals surface area contributed by atoms with Gasteiger partial charge in [-0.3, -0.25) is 14.6 Å². The van der Waals surface area contributed by atoms with E-state index in [1.54, 1.807) is 34.1 Å². The molecule has 1 amide bonds. The number of pyridine rings is 2. The highest BCUT2D eigenvalue weighted by Gasteiger charge is 2.31. The van der Waals surface area contributed by atoms with Crippen LogP contribution in [-0.4, -0.2) is 49.6 Å². The maximum absolute atomic E-state index is 13.1. The molecule has 3 aromatic heterocycles. The van der Waals surface area contributed by atoms with Crippen LogP contribution in [0.1, 0.15) is 21.7 Å². The maximum atomic E-state index is 13.1. The smallest absolute Gasteiger partial charge is 0.416 e. The number of aromatic nitrogens is 4. The number of nitrogens with zero attached hydrogens (tertiary/aromatic N) is 5. The number of fused-ring (bicyclic) bond motifs is 2. The van der Waals surface area contributed by atoms with Crippen LogP contribution in [0.4, 0.5) is 13.2 Å². The summed E-state index contributed by atoms with van der Waals surface area (Å²) in [5, 5.41) is 0.242. The first kappa shape index (κ1) is 22.6. The monoisotopic (exact) mass is 483 g/mol. The maximum Gasteiger partial charge on any atom is 0.416 e. The first-order chi connectivity index (χ1) is 16.7. The number of carbonyl (C=O) groups is 1. The molecule has 1 aliphatic rings. The van der Waals surface area contributed by atoms with Crippen LogP contribution in [-0.2, 0) is 12.7 Å². The van der Waals surface area contributed by atoms with E-state index in [-0.39, 0.29) is 41.4 Å². The van der Waals surface area contributed by atoms with E-state index < -0.39 is 11.7 Å². The molecule has 0 aliphatic carbocycles. The third-order valence-electron chi connectivity index (χ3n) is 5.89. The molecule has 0 N–H and O–H groups in total. The largest absolute Gasteiger partial charge is 0.491 e. The van der Waals surface area contributed by atoms with E-state index in [1.807, 2.05) is 6.92 Å². The zero-order chi connectivity index (χ0) is 24.7. The molecule has 0 unspecified atom stereocenters. The molecule has 5 rings (SSSR count). The Labute approximate surface area is 197 Å². The Morgan fingerprint density at radius 1 is 1.06 bits per heavy atom. The highest BCUT2D eigenvalue weighted by atomic mass is 19.4. The Balaban J connectivity index is 1.31. The molecule has 1 aliphatic heterocycles. The van der Waals surface area contributed by atoms with Crippen molar-refractivity contribution in [2.75, 3.05) is 19.7 Å². The number of benzene rings is 1. The number of halogens is 3. The number of hydrogen-bond donors (Lipinski definition) is 0. The van der Waals surface area contributed by atoms with E-state index in [2.05, 4.69) is 9.97 Å². The topological polar surface area (TPSA) is 82.3 Å². The van der Waals surface area contributed by atoms with Gasteiger partial charge in [-0.1, -0.05) is 0 Å². The quantitative estimate of drug-likeness (QED) is 0.434. The van der Waals surface area contributed by atoms with Crippen LogP contribution in [0.25, 0.3) is 16.6 Å². The third kappa shape index (κ3) is 4.25. The van der Waals surface area contributed by atoms with Gasteiger partial charge in [0.1, 0.15) is 23.7 Å². The van der Waals surface area contributed by atoms with Gasteiger partial charge in [-0.25, -0.2) is 4.98 Å². The Kier molecular flexibility index (Phi) is 5.54. The highest BCUT2D eigenvalue weighted by Crippen LogP contribution is 2.33. The fourth-order valence-electron chi connectivity index (χ4n) is 4.11. The average Bonchev–Trinajstić information content (AvgIpc) is 3.26. The third-order valence-corrected chi connectivity index (χ3v) is 5.89. The SMILES string of the molecule is Cc1cn(-c2ccc3n(c2=O)CCN(CCOc2ccnc4ccc(C(F)(F)F)cc24)C3=O)cn1. The molecule has 35 heavy (non-hydrogen) atoms. The molecule has 8 nitrogen and oxygen atoms in total. The molecule has 0 radical (unpaired) electrons. The lowest BCUT2D eigenvalue weighted by molar-refractivity contribution is -0.137. The number of rotatable bonds is 5. The summed E-state index contributed by atoms with van der Waals surface area (Å²) >= 11 is 0. The minimum Gasteiger partial charge on any atom is -0.491 e. The Bertz CT molecular complexity index is 1490. The van der Waals surface area contributed by atoms with Gasteiger partial charge in [-0.2, -0.15) is 13.2 Å². The van der Waals surface area contributed by atoms with Gasteiger partial charge in [0, 0.05) is 30.9 Å². The predicted octanol–water partition coefficient (Wildman–Crippen LogP) is 3.44. The molecule has 0 spiro atoms. The normalized spacial score (nSPS) is 13.8. The summed E-state index contributed by atoms with van der Waals surface area (Å²) in [6.07, 6.45) is 0.259. The highest BCUT2D eigenvalue weighted by molar-refractivity contribution is 5.93. The zero-order valence-corrected chi connectivity index (χ0v) is 18.6. The van der Waals surface area contributed by atoms with Gasteiger partial charge in [0.2, 0.25) is 0 Å². The lowest BCUT2D eigenvalue weighted by atomic mass is 10.1. The summed E-state index contributed by atoms with van der Waals surface area (Å²) < 4.78 is 48.2. The number of aryl methyl sites for hydroxylation is 1. The molecule has 0 atom stereocenters. The summed E-state index contributed by atoms with van der Waals surface area (Å²) in [6, 6.07) is 7.98. The number of hydrogen-bond acceptors (Lipinski definition) is 5. The van der Waals surface area contributed by atoms with Gasteiger partial charge in [0.15, 0.2) is 0 Å². The van der Waals surface area contributed by atoms with Crippen molar-refractivity contribution in [3.05, 3.63) is 82.4 Å². The average molecular weight is 483 g/mol. The Morgan fingerprint density at radius 2 is 1.89 bits per heavy atom. The van der Waals surface area contributed by atoms with Gasteiger partial charge in [-0.05, 0) is 43.3 Å². The lowest BCUT2D eigenvalue weighted by Crippen LogP contribution is -2.46. The van der Waals surface area contributed by atoms with Gasteiger partial charge < -0.3 is 18.8 Å². The summed E-state index contributed by atoms with van der Waals surface area (Å²) in [6.45, 7) is 2.71. The van der Waals surface area contributed by atoms with Gasteiger partial charge >= 0.3 is 6.18 Å². The molecule has 11 heteroatoms. The van der Waals surface area contributed by atoms with Crippen LogP contribution in [0.15, 0.2) is 59.9 Å². The molecule has 180 valence electrons. The van der Waals surface area contributed by atoms with Crippen LogP contribution in [0.2, 0.25) is 0 Å². The second kappa shape index (κ2) is 8.57. The van der Waals surface area contributed by atoms with E-state index in [0.717, 1.165) is 17.8 Å². The molecule has 0 saturated carbocycles. The van der Waals surface area contributed by atoms with Crippen molar-refractivity contribution >= 4 is 16.8 Å². The molecular weight excluding hydrogens is 463 g/mol. The summed E-state index contributed by atoms with van der Waals surface area (Å²) in [5.41, 5.74) is 0.745. The molecule has 0 bridgehead atoms. The van der Waals surface area contributed by atoms with E-state index in [9.17, 15) is 22.8 Å². The minimum absolute atomic E-state index is 0.0672. The predicted molar refractivity (Wildman–Crippen MR) is 121 cm³/mol. The van der Waals surface area contributed by atoms with Crippen LogP contribution in [0.5, 0.6) is 5.75 Å². The summed E-state index contributed by atoms with van der Waals surface area (Å²) in [4.78, 5) is 35.7. The van der Waals surface area contributed by atoms with Crippen molar-refractivity contribution in [2.45, 2.75) is 19.6 Å². The van der Waals surface area contributed by atoms with E-state index in [0.29, 0.717) is 24.3 Å². The molecule has 4 aromatic rings. The van der Waals surface area contributed by atoms with E-state index >= 15 is 0 Å². The van der Waals surface area contributed by atoms with E-state index in [4.69, 9.17) is 4.74 Å². The fourth-order valence-corrected chi connectivity index (χ4v) is 4.11. The molecule has 1 aromatic carbocycles. The summed E-state index contributed by atoms with van der Waals surface area (Å²) in [5.74, 6) is -0.0632. The Hall–Kier alpha value is -4.15. The van der Waals surface area contributed by atoms with Crippen molar-refractivity contribution in [3.8, 4) is 11.4 Å². The zero-order valence-electron chi connectivity index (χ0n) is 18.6. The summed E-state index contributed by atoms with van der Waals surface area (Å²) in [7, 11) is 0. The molecule has 0 fully saturated rings. The van der Waals surface area contributed by atoms with E-state index in [1.165, 1.54) is 22.9 Å². The van der Waals surface area contributed by atoms with Gasteiger partial charge in [0.05, 0.1) is 29.6 Å². The molecule has 0 saturated heterocycles. The van der Waals surface area contributed by atoms with Crippen molar-refractivity contribution < 1.29 is 22.7 Å². The molecular formula is C24H20F3N5O3. The second-order valence-electron chi connectivity index (χ2n) is 8.16. The Morgan fingerprint density at radius 3 is 2.63 bits per heavy atom. The van der Waals surface area contributed by atoms with Crippen LogP contribution in [0.3, 0.4) is 0 Å². The second-order valence-corrected chi connectivity index (χ2v) is 8.16. The first-order valence-corrected chi connectivity index (χ1v) is 10.9. The van der Waals surface area contributed by atoms with Gasteiger partial charge in [-0.15, -0.1) is 0 Å². The minimum atomic E-state index is -4.48. The lowest BCUT2D eigenvalue weighted by Gasteiger charge is -2.29. The van der Waals surface area contributed by atoms with Crippen LogP contribution >= 0.6 is 0 Å². The number of imidazole rings is 1. The van der Waals surface area contributed by atoms with Crippen molar-refractivity contribution in [2.24, 2.45) is 0 Å². The fraction of sp³-hybridized carbons (Fsp3) is 0.250. The van der Waals surface area contributed by atoms with Gasteiger partial charge in [0.25, 0.3) is 11.5 Å². The number of ether oxygens (including phenoxy) is 1. The van der Waals surface area contributed by atoms with Crippen molar-refractivity contribution in [1.82, 2.24) is 24.0 Å².